The molecule has 1 aliphatic rings. The molecular formula is C7H10AlNO2. The number of carbonyl (C=O) groups excluding carboxylic acids is 2. The van der Waals surface area contributed by atoms with Crippen LogP contribution in [0.2, 0.25) is 4.78 Å². The first-order chi connectivity index (χ1) is 5.11. The molecule has 0 saturated heterocycles. The molecule has 11 heavy (non-hydrogen) atoms. The molecule has 1 rings (SSSR count). The lowest BCUT2D eigenvalue weighted by atomic mass is 10.6. The predicted molar refractivity (Wildman–Crippen MR) is 43.2 cm³/mol. The number of hydrogen-bond donors (Lipinski definition) is 0. The van der Waals surface area contributed by atoms with Crippen molar-refractivity contribution in [1.82, 2.24) is 3.88 Å². The Balaban J connectivity index is 2.59. The van der Waals surface area contributed by atoms with Crippen LogP contribution in [0.5, 0.6) is 0 Å². The number of hydrogen-bond acceptors (Lipinski definition) is 2. The molecule has 58 valence electrons. The van der Waals surface area contributed by atoms with Crippen molar-refractivity contribution in [2.24, 2.45) is 0 Å². The van der Waals surface area contributed by atoms with Crippen molar-refractivity contribution < 1.29 is 9.59 Å². The smallest absolute Gasteiger partial charge is 0.375 e. The zero-order valence-corrected chi connectivity index (χ0v) is 8.12. The summed E-state index contributed by atoms with van der Waals surface area (Å²) in [6, 6.07) is 0. The molecule has 0 saturated carbocycles. The van der Waals surface area contributed by atoms with Crippen LogP contribution in [0.15, 0.2) is 12.2 Å². The number of imide groups is 1. The fourth-order valence-corrected chi connectivity index (χ4v) is 2.28. The van der Waals surface area contributed by atoms with Crippen LogP contribution in [-0.4, -0.2) is 31.1 Å². The van der Waals surface area contributed by atoms with Crippen molar-refractivity contribution in [2.75, 3.05) is 0 Å². The SMILES string of the molecule is C[CH](C)[AlH][N]1C(=O)C=CC1=O. The Bertz CT molecular complexity index is 204. The molecule has 0 fully saturated rings. The molecule has 0 bridgehead atoms. The van der Waals surface area contributed by atoms with E-state index in [1.54, 1.807) is 0 Å². The van der Waals surface area contributed by atoms with Gasteiger partial charge in [0.25, 0.3) is 0 Å². The first kappa shape index (κ1) is 8.51. The molecule has 2 amide bonds. The van der Waals surface area contributed by atoms with Crippen molar-refractivity contribution in [2.45, 2.75) is 18.6 Å². The fraction of sp³-hybridized carbons (Fsp3) is 0.429. The normalized spacial score (nSPS) is 16.8. The van der Waals surface area contributed by atoms with E-state index in [1.165, 1.54) is 16.0 Å². The van der Waals surface area contributed by atoms with Gasteiger partial charge in [-0.05, 0) is 0 Å². The van der Waals surface area contributed by atoms with E-state index in [1.807, 2.05) is 13.8 Å². The van der Waals surface area contributed by atoms with Gasteiger partial charge in [0.2, 0.25) is 11.8 Å². The number of rotatable bonds is 2. The van der Waals surface area contributed by atoms with E-state index < -0.39 is 15.4 Å². The minimum atomic E-state index is -0.701. The van der Waals surface area contributed by atoms with Crippen LogP contribution in [-0.2, 0) is 9.59 Å². The van der Waals surface area contributed by atoms with Gasteiger partial charge in [0.05, 0.1) is 0 Å². The molecular weight excluding hydrogens is 157 g/mol. The molecule has 0 aromatic carbocycles. The molecule has 0 radical (unpaired) electrons. The van der Waals surface area contributed by atoms with Crippen LogP contribution in [0.25, 0.3) is 0 Å². The molecule has 4 heteroatoms. The second-order valence-corrected chi connectivity index (χ2v) is 5.64. The molecule has 0 spiro atoms. The average Bonchev–Trinajstić information content (AvgIpc) is 2.18. The average molecular weight is 167 g/mol. The van der Waals surface area contributed by atoms with Crippen LogP contribution in [0.1, 0.15) is 13.8 Å². The van der Waals surface area contributed by atoms with Crippen molar-refractivity contribution in [1.29, 1.82) is 0 Å². The van der Waals surface area contributed by atoms with Gasteiger partial charge in [-0.1, -0.05) is 18.6 Å². The third-order valence-electron chi connectivity index (χ3n) is 1.45. The Morgan fingerprint density at radius 1 is 1.27 bits per heavy atom. The predicted octanol–water partition coefficient (Wildman–Crippen LogP) is 0.0912. The summed E-state index contributed by atoms with van der Waals surface area (Å²) < 4.78 is 1.87. The first-order valence-corrected chi connectivity index (χ1v) is 5.09. The van der Waals surface area contributed by atoms with Gasteiger partial charge in [0, 0.05) is 12.2 Å². The van der Waals surface area contributed by atoms with Crippen LogP contribution < -0.4 is 0 Å². The van der Waals surface area contributed by atoms with E-state index in [4.69, 9.17) is 0 Å². The molecule has 1 heterocycles. The summed E-state index contributed by atoms with van der Waals surface area (Å²) >= 11 is -0.701. The number of carbonyl (C=O) groups is 2. The zero-order chi connectivity index (χ0) is 8.43. The largest absolute Gasteiger partial charge is 0.407 e. The lowest BCUT2D eigenvalue weighted by Crippen LogP contribution is -2.34. The van der Waals surface area contributed by atoms with Gasteiger partial charge in [-0.2, -0.15) is 0 Å². The summed E-state index contributed by atoms with van der Waals surface area (Å²) in [5.74, 6) is -0.259. The van der Waals surface area contributed by atoms with Crippen molar-refractivity contribution in [3.8, 4) is 0 Å². The Hall–Kier alpha value is -0.588. The van der Waals surface area contributed by atoms with Crippen LogP contribution >= 0.6 is 0 Å². The maximum atomic E-state index is 11.0. The Labute approximate surface area is 72.0 Å². The number of amides is 2. The highest BCUT2D eigenvalue weighted by atomic mass is 27.1. The highest BCUT2D eigenvalue weighted by Gasteiger charge is 2.24. The minimum absolute atomic E-state index is 0.129. The number of nitrogens with zero attached hydrogens (tertiary/aromatic N) is 1. The summed E-state index contributed by atoms with van der Waals surface area (Å²) in [6.07, 6.45) is 2.69. The van der Waals surface area contributed by atoms with Gasteiger partial charge in [0.1, 0.15) is 0 Å². The molecule has 1 aliphatic heterocycles. The van der Waals surface area contributed by atoms with E-state index in [2.05, 4.69) is 0 Å². The Morgan fingerprint density at radius 3 is 2.09 bits per heavy atom. The zero-order valence-electron chi connectivity index (χ0n) is 6.70. The molecule has 0 unspecified atom stereocenters. The monoisotopic (exact) mass is 167 g/mol. The third kappa shape index (κ3) is 1.92. The summed E-state index contributed by atoms with van der Waals surface area (Å²) in [5.41, 5.74) is 0. The topological polar surface area (TPSA) is 37.4 Å². The van der Waals surface area contributed by atoms with E-state index in [9.17, 15) is 9.59 Å². The standard InChI is InChI=1S/C4H3NO2.C3H7.Al.H/c6-3-1-2-4(7)5-3;1-3-2;;/h1-2H,(H,5,6,7);3H,1-2H3;;/q;;+1;/p-1. The van der Waals surface area contributed by atoms with Gasteiger partial charge in [-0.15, -0.1) is 0 Å². The van der Waals surface area contributed by atoms with Gasteiger partial charge in [0.15, 0.2) is 0 Å². The van der Waals surface area contributed by atoms with Crippen LogP contribution in [0, 0.1) is 0 Å². The lowest BCUT2D eigenvalue weighted by molar-refractivity contribution is -0.131. The summed E-state index contributed by atoms with van der Waals surface area (Å²) in [4.78, 5) is 21.9. The highest BCUT2D eigenvalue weighted by molar-refractivity contribution is 6.47. The molecule has 3 nitrogen and oxygen atoms in total. The van der Waals surface area contributed by atoms with Gasteiger partial charge in [-0.25, -0.2) is 0 Å². The van der Waals surface area contributed by atoms with Crippen molar-refractivity contribution >= 4 is 27.3 Å². The highest BCUT2D eigenvalue weighted by Crippen LogP contribution is 2.07. The molecule has 0 aliphatic carbocycles. The molecule has 0 atom stereocenters. The van der Waals surface area contributed by atoms with E-state index >= 15 is 0 Å². The fourth-order valence-electron chi connectivity index (χ4n) is 0.976. The Kier molecular flexibility index (Phi) is 2.48. The van der Waals surface area contributed by atoms with Crippen LogP contribution in [0.4, 0.5) is 0 Å². The second kappa shape index (κ2) is 3.21. The van der Waals surface area contributed by atoms with Crippen molar-refractivity contribution in [3.63, 3.8) is 0 Å². The van der Waals surface area contributed by atoms with E-state index in [-0.39, 0.29) is 11.8 Å². The third-order valence-corrected chi connectivity index (χ3v) is 3.17. The van der Waals surface area contributed by atoms with Gasteiger partial charge in [-0.3, -0.25) is 9.59 Å². The summed E-state index contributed by atoms with van der Waals surface area (Å²) in [6.45, 7) is 4.07. The summed E-state index contributed by atoms with van der Waals surface area (Å²) in [5, 5.41) is 0. The lowest BCUT2D eigenvalue weighted by Gasteiger charge is -2.13. The van der Waals surface area contributed by atoms with Crippen molar-refractivity contribution in [3.05, 3.63) is 12.2 Å². The van der Waals surface area contributed by atoms with E-state index in [0.717, 1.165) is 0 Å². The molecule has 0 N–H and O–H groups in total. The van der Waals surface area contributed by atoms with Crippen LogP contribution in [0.3, 0.4) is 0 Å². The van der Waals surface area contributed by atoms with Gasteiger partial charge >= 0.3 is 15.4 Å². The minimum Gasteiger partial charge on any atom is -0.375 e. The molecule has 0 aromatic heterocycles. The second-order valence-electron chi connectivity index (χ2n) is 3.01. The summed E-state index contributed by atoms with van der Waals surface area (Å²) in [7, 11) is 0. The Morgan fingerprint density at radius 2 is 1.73 bits per heavy atom. The maximum Gasteiger partial charge on any atom is 0.407 e. The maximum absolute atomic E-state index is 11.0. The van der Waals surface area contributed by atoms with E-state index in [0.29, 0.717) is 4.78 Å². The first-order valence-electron chi connectivity index (χ1n) is 3.65. The molecule has 0 aromatic rings. The quantitative estimate of drug-likeness (QED) is 0.432. The van der Waals surface area contributed by atoms with Gasteiger partial charge < -0.3 is 3.88 Å².